The number of hydrogen-bond donors (Lipinski definition) is 0. The van der Waals surface area contributed by atoms with Gasteiger partial charge in [0, 0.05) is 0 Å². The fourth-order valence-electron chi connectivity index (χ4n) is 0.717. The summed E-state index contributed by atoms with van der Waals surface area (Å²) < 4.78 is 12.7. The van der Waals surface area contributed by atoms with Crippen molar-refractivity contribution in [3.05, 3.63) is 41.0 Å². The lowest BCUT2D eigenvalue weighted by atomic mass is 10.2. The molecule has 1 rings (SSSR count). The van der Waals surface area contributed by atoms with Crippen LogP contribution in [0.15, 0.2) is 18.2 Å². The fourth-order valence-corrected chi connectivity index (χ4v) is 0.717. The van der Waals surface area contributed by atoms with Crippen molar-refractivity contribution in [1.82, 2.24) is 0 Å². The van der Waals surface area contributed by atoms with Crippen molar-refractivity contribution in [2.45, 2.75) is 0 Å². The van der Waals surface area contributed by atoms with Gasteiger partial charge in [0.15, 0.2) is 0 Å². The number of benzene rings is 1. The minimum Gasteiger partial charge on any atom is -0.237 e. The molecule has 0 fully saturated rings. The van der Waals surface area contributed by atoms with E-state index in [9.17, 15) is 4.39 Å². The van der Waals surface area contributed by atoms with Gasteiger partial charge in [-0.05, 0) is 6.07 Å². The van der Waals surface area contributed by atoms with Gasteiger partial charge in [-0.25, -0.2) is 9.24 Å². The first-order valence-electron chi connectivity index (χ1n) is 2.85. The highest BCUT2D eigenvalue weighted by Crippen LogP contribution is 2.20. The maximum atomic E-state index is 12.7. The van der Waals surface area contributed by atoms with Crippen LogP contribution < -0.4 is 0 Å². The molecule has 0 spiro atoms. The van der Waals surface area contributed by atoms with Crippen LogP contribution in [0.5, 0.6) is 0 Å². The highest BCUT2D eigenvalue weighted by atomic mass is 19.1. The second-order valence-corrected chi connectivity index (χ2v) is 1.86. The molecular weight excluding hydrogens is 143 g/mol. The highest BCUT2D eigenvalue weighted by Gasteiger charge is 2.05. The summed E-state index contributed by atoms with van der Waals surface area (Å²) in [5.41, 5.74) is -0.116. The number of nitrogens with zero attached hydrogens (tertiary/aromatic N) is 2. The molecule has 0 atom stereocenters. The number of nitriles is 1. The minimum atomic E-state index is -0.638. The molecule has 0 aliphatic heterocycles. The molecular formula is C8H3FN2. The molecule has 1 aromatic carbocycles. The first kappa shape index (κ1) is 7.24. The van der Waals surface area contributed by atoms with Crippen molar-refractivity contribution in [3.63, 3.8) is 0 Å². The molecule has 0 aliphatic carbocycles. The van der Waals surface area contributed by atoms with E-state index in [4.69, 9.17) is 11.8 Å². The van der Waals surface area contributed by atoms with Gasteiger partial charge in [-0.1, -0.05) is 12.1 Å². The topological polar surface area (TPSA) is 28.1 Å². The second kappa shape index (κ2) is 2.81. The molecule has 3 heteroatoms. The van der Waals surface area contributed by atoms with E-state index in [2.05, 4.69) is 4.85 Å². The Labute approximate surface area is 63.3 Å². The molecule has 1 aromatic rings. The maximum absolute atomic E-state index is 12.7. The number of hydrogen-bond acceptors (Lipinski definition) is 1. The Morgan fingerprint density at radius 2 is 2.27 bits per heavy atom. The van der Waals surface area contributed by atoms with E-state index in [1.165, 1.54) is 12.1 Å². The summed E-state index contributed by atoms with van der Waals surface area (Å²) in [4.78, 5) is 2.99. The summed E-state index contributed by atoms with van der Waals surface area (Å²) in [6.07, 6.45) is 0. The molecule has 2 nitrogen and oxygen atoms in total. The summed E-state index contributed by atoms with van der Waals surface area (Å²) in [6, 6.07) is 5.60. The largest absolute Gasteiger partial charge is 0.237 e. The summed E-state index contributed by atoms with van der Waals surface area (Å²) >= 11 is 0. The van der Waals surface area contributed by atoms with Crippen LogP contribution in [0.2, 0.25) is 0 Å². The minimum absolute atomic E-state index is 0.0625. The Hall–Kier alpha value is -1.87. The van der Waals surface area contributed by atoms with Crippen LogP contribution in [0, 0.1) is 23.7 Å². The van der Waals surface area contributed by atoms with Gasteiger partial charge < -0.3 is 0 Å². The Balaban J connectivity index is 3.42. The van der Waals surface area contributed by atoms with Crippen molar-refractivity contribution in [3.8, 4) is 6.07 Å². The van der Waals surface area contributed by atoms with E-state index in [0.29, 0.717) is 0 Å². The number of halogens is 1. The third kappa shape index (κ3) is 1.17. The molecule has 0 saturated carbocycles. The van der Waals surface area contributed by atoms with Crippen molar-refractivity contribution in [1.29, 1.82) is 5.26 Å². The first-order valence-corrected chi connectivity index (χ1v) is 2.85. The van der Waals surface area contributed by atoms with Crippen LogP contribution >= 0.6 is 0 Å². The van der Waals surface area contributed by atoms with Crippen molar-refractivity contribution in [2.75, 3.05) is 0 Å². The van der Waals surface area contributed by atoms with E-state index in [0.717, 1.165) is 6.07 Å². The van der Waals surface area contributed by atoms with Crippen LogP contribution in [0.25, 0.3) is 4.85 Å². The molecule has 52 valence electrons. The summed E-state index contributed by atoms with van der Waals surface area (Å²) in [5, 5.41) is 8.40. The van der Waals surface area contributed by atoms with Crippen LogP contribution in [0.3, 0.4) is 0 Å². The Morgan fingerprint density at radius 3 is 2.73 bits per heavy atom. The van der Waals surface area contributed by atoms with Crippen molar-refractivity contribution in [2.24, 2.45) is 0 Å². The smallest absolute Gasteiger partial charge is 0.207 e. The van der Waals surface area contributed by atoms with Gasteiger partial charge in [-0.2, -0.15) is 5.26 Å². The molecule has 11 heavy (non-hydrogen) atoms. The van der Waals surface area contributed by atoms with Gasteiger partial charge in [0.05, 0.1) is 18.2 Å². The third-order valence-electron chi connectivity index (χ3n) is 1.22. The standard InChI is InChI=1S/C8H3FN2/c1-11-8-4-2-3-7(9)6(8)5-10/h2-4H. The zero-order chi connectivity index (χ0) is 8.27. The SMILES string of the molecule is [C-]#[N+]c1cccc(F)c1C#N. The van der Waals surface area contributed by atoms with Gasteiger partial charge >= 0.3 is 0 Å². The summed E-state index contributed by atoms with van der Waals surface area (Å²) in [6.45, 7) is 6.59. The van der Waals surface area contributed by atoms with Gasteiger partial charge in [-0.15, -0.1) is 0 Å². The monoisotopic (exact) mass is 146 g/mol. The second-order valence-electron chi connectivity index (χ2n) is 1.86. The summed E-state index contributed by atoms with van der Waals surface area (Å²) in [7, 11) is 0. The maximum Gasteiger partial charge on any atom is 0.207 e. The molecule has 0 unspecified atom stereocenters. The molecule has 0 bridgehead atoms. The highest BCUT2D eigenvalue weighted by molar-refractivity contribution is 5.58. The zero-order valence-corrected chi connectivity index (χ0v) is 5.50. The normalized spacial score (nSPS) is 8.27. The molecule has 0 aliphatic rings. The van der Waals surface area contributed by atoms with Gasteiger partial charge in [0.25, 0.3) is 0 Å². The van der Waals surface area contributed by atoms with E-state index in [-0.39, 0.29) is 11.3 Å². The molecule has 0 aromatic heterocycles. The van der Waals surface area contributed by atoms with Gasteiger partial charge in [0.2, 0.25) is 5.69 Å². The van der Waals surface area contributed by atoms with Crippen molar-refractivity contribution >= 4 is 5.69 Å². The van der Waals surface area contributed by atoms with Crippen LogP contribution in [-0.4, -0.2) is 0 Å². The fraction of sp³-hybridized carbons (Fsp3) is 0. The van der Waals surface area contributed by atoms with Crippen LogP contribution in [0.1, 0.15) is 5.56 Å². The van der Waals surface area contributed by atoms with E-state index >= 15 is 0 Å². The average molecular weight is 146 g/mol. The Bertz CT molecular complexity index is 357. The lowest BCUT2D eigenvalue weighted by Crippen LogP contribution is -1.81. The molecule has 0 amide bonds. The van der Waals surface area contributed by atoms with Crippen molar-refractivity contribution < 1.29 is 4.39 Å². The quantitative estimate of drug-likeness (QED) is 0.516. The predicted molar refractivity (Wildman–Crippen MR) is 37.4 cm³/mol. The molecule has 0 N–H and O–H groups in total. The van der Waals surface area contributed by atoms with E-state index in [1.54, 1.807) is 6.07 Å². The van der Waals surface area contributed by atoms with Gasteiger partial charge in [-0.3, -0.25) is 0 Å². The third-order valence-corrected chi connectivity index (χ3v) is 1.22. The Kier molecular flexibility index (Phi) is 1.85. The van der Waals surface area contributed by atoms with Crippen LogP contribution in [0.4, 0.5) is 10.1 Å². The lowest BCUT2D eigenvalue weighted by molar-refractivity contribution is 0.625. The van der Waals surface area contributed by atoms with E-state index in [1.807, 2.05) is 0 Å². The average Bonchev–Trinajstić information content (AvgIpc) is 2.04. The number of rotatable bonds is 0. The van der Waals surface area contributed by atoms with E-state index < -0.39 is 5.82 Å². The molecule has 0 heterocycles. The summed E-state index contributed by atoms with van der Waals surface area (Å²) in [5.74, 6) is -0.638. The van der Waals surface area contributed by atoms with Gasteiger partial charge in [0.1, 0.15) is 5.82 Å². The molecule has 0 radical (unpaired) electrons. The Morgan fingerprint density at radius 1 is 1.55 bits per heavy atom. The first-order chi connectivity index (χ1) is 5.29. The lowest BCUT2D eigenvalue weighted by Gasteiger charge is -1.93. The predicted octanol–water partition coefficient (Wildman–Crippen LogP) is 2.25. The molecule has 0 saturated heterocycles. The van der Waals surface area contributed by atoms with Crippen LogP contribution in [-0.2, 0) is 0 Å². The zero-order valence-electron chi connectivity index (χ0n) is 5.50.